The molecule has 0 aromatic carbocycles. The van der Waals surface area contributed by atoms with E-state index in [0.717, 1.165) is 19.0 Å². The largest absolute Gasteiger partial charge is 0.355 e. The second-order valence-electron chi connectivity index (χ2n) is 3.73. The summed E-state index contributed by atoms with van der Waals surface area (Å²) in [7, 11) is 0. The van der Waals surface area contributed by atoms with E-state index in [1.165, 1.54) is 12.8 Å². The van der Waals surface area contributed by atoms with E-state index in [0.29, 0.717) is 5.25 Å². The quantitative estimate of drug-likeness (QED) is 0.777. The topological polar surface area (TPSA) is 29.9 Å². The Morgan fingerprint density at radius 2 is 2.40 bits per heavy atom. The first-order valence-electron chi connectivity index (χ1n) is 5.55. The zero-order valence-electron chi connectivity index (χ0n) is 9.86. The second-order valence-corrected chi connectivity index (χ2v) is 5.00. The fourth-order valence-electron chi connectivity index (χ4n) is 1.30. The van der Waals surface area contributed by atoms with Crippen LogP contribution in [0, 0.1) is 0 Å². The molecule has 1 aromatic rings. The van der Waals surface area contributed by atoms with Gasteiger partial charge >= 0.3 is 0 Å². The molecule has 0 saturated carbocycles. The summed E-state index contributed by atoms with van der Waals surface area (Å²) in [5.74, 6) is 1.00. The van der Waals surface area contributed by atoms with Crippen LogP contribution in [-0.2, 0) is 6.54 Å². The Bertz CT molecular complexity index is 273. The minimum atomic E-state index is 0.626. The molecule has 1 rings (SSSR count). The highest BCUT2D eigenvalue weighted by Gasteiger charge is 2.03. The van der Waals surface area contributed by atoms with Gasteiger partial charge < -0.3 is 9.88 Å². The van der Waals surface area contributed by atoms with Crippen molar-refractivity contribution in [2.24, 2.45) is 0 Å². The Labute approximate surface area is 96.7 Å². The molecule has 0 aliphatic carbocycles. The molecule has 0 saturated heterocycles. The Morgan fingerprint density at radius 1 is 1.60 bits per heavy atom. The molecule has 86 valence electrons. The normalized spacial score (nSPS) is 12.7. The van der Waals surface area contributed by atoms with Gasteiger partial charge in [-0.25, -0.2) is 4.98 Å². The molecule has 1 atom stereocenters. The fraction of sp³-hybridized carbons (Fsp3) is 0.727. The van der Waals surface area contributed by atoms with Crippen molar-refractivity contribution in [1.82, 2.24) is 9.55 Å². The Balaban J connectivity index is 2.42. The summed E-state index contributed by atoms with van der Waals surface area (Å²) in [6, 6.07) is 0. The van der Waals surface area contributed by atoms with Gasteiger partial charge in [0.05, 0.1) is 0 Å². The molecule has 0 amide bonds. The summed E-state index contributed by atoms with van der Waals surface area (Å²) in [6.45, 7) is 6.47. The average Bonchev–Trinajstić information content (AvgIpc) is 2.70. The molecule has 15 heavy (non-hydrogen) atoms. The Morgan fingerprint density at radius 3 is 3.07 bits per heavy atom. The van der Waals surface area contributed by atoms with Crippen LogP contribution >= 0.6 is 11.8 Å². The lowest BCUT2D eigenvalue weighted by atomic mass is 10.3. The van der Waals surface area contributed by atoms with Crippen molar-refractivity contribution in [3.63, 3.8) is 0 Å². The van der Waals surface area contributed by atoms with Gasteiger partial charge in [0.1, 0.15) is 0 Å². The molecule has 1 aromatic heterocycles. The third kappa shape index (κ3) is 4.16. The zero-order chi connectivity index (χ0) is 11.1. The summed E-state index contributed by atoms with van der Waals surface area (Å²) in [4.78, 5) is 4.32. The number of nitrogens with zero attached hydrogens (tertiary/aromatic N) is 2. The third-order valence-electron chi connectivity index (χ3n) is 2.42. The molecule has 3 nitrogen and oxygen atoms in total. The highest BCUT2D eigenvalue weighted by molar-refractivity contribution is 7.99. The van der Waals surface area contributed by atoms with E-state index in [1.54, 1.807) is 0 Å². The molecule has 0 aliphatic heterocycles. The van der Waals surface area contributed by atoms with Crippen LogP contribution in [0.2, 0.25) is 0 Å². The molecule has 4 heteroatoms. The fourth-order valence-corrected chi connectivity index (χ4v) is 1.55. The van der Waals surface area contributed by atoms with Gasteiger partial charge in [0.15, 0.2) is 0 Å². The zero-order valence-corrected chi connectivity index (χ0v) is 10.7. The summed E-state index contributed by atoms with van der Waals surface area (Å²) in [6.07, 6.45) is 8.47. The lowest BCUT2D eigenvalue weighted by molar-refractivity contribution is 0.635. The van der Waals surface area contributed by atoms with E-state index in [2.05, 4.69) is 35.0 Å². The highest BCUT2D eigenvalue weighted by Crippen LogP contribution is 2.09. The molecule has 0 fully saturated rings. The lowest BCUT2D eigenvalue weighted by Gasteiger charge is -2.12. The number of rotatable bonds is 7. The van der Waals surface area contributed by atoms with Gasteiger partial charge in [-0.3, -0.25) is 0 Å². The molecule has 0 aliphatic rings. The number of hydrogen-bond acceptors (Lipinski definition) is 3. The monoisotopic (exact) mass is 227 g/mol. The van der Waals surface area contributed by atoms with Gasteiger partial charge in [-0.15, -0.1) is 0 Å². The summed E-state index contributed by atoms with van der Waals surface area (Å²) in [5.41, 5.74) is 0. The number of thioether (sulfide) groups is 1. The summed E-state index contributed by atoms with van der Waals surface area (Å²) >= 11 is 1.87. The third-order valence-corrected chi connectivity index (χ3v) is 3.39. The first-order chi connectivity index (χ1) is 7.27. The number of nitrogens with one attached hydrogen (secondary N) is 1. The van der Waals surface area contributed by atoms with Crippen LogP contribution in [0.5, 0.6) is 0 Å². The number of aromatic nitrogens is 2. The number of imidazole rings is 1. The van der Waals surface area contributed by atoms with Crippen molar-refractivity contribution in [3.8, 4) is 0 Å². The minimum absolute atomic E-state index is 0.626. The minimum Gasteiger partial charge on any atom is -0.355 e. The molecule has 0 spiro atoms. The Kier molecular flexibility index (Phi) is 5.61. The van der Waals surface area contributed by atoms with Crippen molar-refractivity contribution in [2.45, 2.75) is 38.5 Å². The van der Waals surface area contributed by atoms with Crippen molar-refractivity contribution in [2.75, 3.05) is 18.1 Å². The summed E-state index contributed by atoms with van der Waals surface area (Å²) in [5, 5.41) is 4.01. The molecule has 0 radical (unpaired) electrons. The van der Waals surface area contributed by atoms with E-state index in [1.807, 2.05) is 24.2 Å². The first-order valence-corrected chi connectivity index (χ1v) is 6.84. The van der Waals surface area contributed by atoms with Crippen molar-refractivity contribution in [1.29, 1.82) is 0 Å². The predicted octanol–water partition coefficient (Wildman–Crippen LogP) is 2.85. The van der Waals surface area contributed by atoms with Gasteiger partial charge in [0.25, 0.3) is 0 Å². The average molecular weight is 227 g/mol. The van der Waals surface area contributed by atoms with Crippen molar-refractivity contribution < 1.29 is 0 Å². The number of anilines is 1. The maximum atomic E-state index is 4.32. The van der Waals surface area contributed by atoms with Gasteiger partial charge in [0, 0.05) is 30.7 Å². The molecule has 1 N–H and O–H groups in total. The lowest BCUT2D eigenvalue weighted by Crippen LogP contribution is -2.16. The van der Waals surface area contributed by atoms with Crippen LogP contribution < -0.4 is 5.32 Å². The van der Waals surface area contributed by atoms with Gasteiger partial charge in [0.2, 0.25) is 5.95 Å². The number of unbranched alkanes of at least 4 members (excludes halogenated alkanes) is 1. The maximum absolute atomic E-state index is 4.32. The van der Waals surface area contributed by atoms with E-state index in [-0.39, 0.29) is 0 Å². The second kappa shape index (κ2) is 6.77. The molecule has 0 bridgehead atoms. The van der Waals surface area contributed by atoms with E-state index >= 15 is 0 Å². The van der Waals surface area contributed by atoms with Crippen LogP contribution in [0.1, 0.15) is 26.7 Å². The smallest absolute Gasteiger partial charge is 0.202 e. The number of hydrogen-bond donors (Lipinski definition) is 1. The van der Waals surface area contributed by atoms with Crippen molar-refractivity contribution >= 4 is 17.7 Å². The molecule has 1 unspecified atom stereocenters. The van der Waals surface area contributed by atoms with E-state index in [4.69, 9.17) is 0 Å². The Hall–Kier alpha value is -0.640. The highest BCUT2D eigenvalue weighted by atomic mass is 32.2. The summed E-state index contributed by atoms with van der Waals surface area (Å²) < 4.78 is 2.19. The number of aryl methyl sites for hydroxylation is 1. The van der Waals surface area contributed by atoms with E-state index in [9.17, 15) is 0 Å². The van der Waals surface area contributed by atoms with Crippen LogP contribution in [0.4, 0.5) is 5.95 Å². The van der Waals surface area contributed by atoms with Crippen LogP contribution in [0.25, 0.3) is 0 Å². The van der Waals surface area contributed by atoms with E-state index < -0.39 is 0 Å². The van der Waals surface area contributed by atoms with Crippen LogP contribution in [0.15, 0.2) is 12.4 Å². The van der Waals surface area contributed by atoms with Crippen molar-refractivity contribution in [3.05, 3.63) is 12.4 Å². The SMILES string of the molecule is CCCCn1ccnc1NCC(C)SC. The van der Waals surface area contributed by atoms with Crippen LogP contribution in [0.3, 0.4) is 0 Å². The van der Waals surface area contributed by atoms with Gasteiger partial charge in [-0.1, -0.05) is 20.3 Å². The van der Waals surface area contributed by atoms with Gasteiger partial charge in [-0.05, 0) is 12.7 Å². The molecular formula is C11H21N3S. The standard InChI is InChI=1S/C11H21N3S/c1-4-5-7-14-8-6-12-11(14)13-9-10(2)15-3/h6,8,10H,4-5,7,9H2,1-3H3,(H,12,13). The van der Waals surface area contributed by atoms with Crippen LogP contribution in [-0.4, -0.2) is 27.6 Å². The predicted molar refractivity (Wildman–Crippen MR) is 68.6 cm³/mol. The first kappa shape index (κ1) is 12.4. The van der Waals surface area contributed by atoms with Gasteiger partial charge in [-0.2, -0.15) is 11.8 Å². The molecular weight excluding hydrogens is 206 g/mol. The molecule has 1 heterocycles. The maximum Gasteiger partial charge on any atom is 0.202 e.